The SMILES string of the molecule is CC[C@H](C)NC(=O)[C@H](C)NC(=O)c1csc(Nc2cccc(C(F)(F)F)c2)n1. The molecule has 0 aliphatic rings. The number of anilines is 2. The zero-order chi connectivity index (χ0) is 20.9. The van der Waals surface area contributed by atoms with Gasteiger partial charge in [-0.1, -0.05) is 13.0 Å². The van der Waals surface area contributed by atoms with Crippen LogP contribution in [0.15, 0.2) is 29.6 Å². The van der Waals surface area contributed by atoms with Crippen LogP contribution in [0.3, 0.4) is 0 Å². The number of benzene rings is 1. The number of amides is 2. The van der Waals surface area contributed by atoms with E-state index in [4.69, 9.17) is 0 Å². The highest BCUT2D eigenvalue weighted by Crippen LogP contribution is 2.31. The minimum atomic E-state index is -4.45. The lowest BCUT2D eigenvalue weighted by atomic mass is 10.2. The number of aromatic nitrogens is 1. The van der Waals surface area contributed by atoms with Crippen LogP contribution in [-0.4, -0.2) is 28.9 Å². The van der Waals surface area contributed by atoms with E-state index in [-0.39, 0.29) is 28.5 Å². The fourth-order valence-corrected chi connectivity index (χ4v) is 2.85. The van der Waals surface area contributed by atoms with Crippen LogP contribution in [0.2, 0.25) is 0 Å². The maximum atomic E-state index is 12.8. The predicted molar refractivity (Wildman–Crippen MR) is 102 cm³/mol. The molecule has 1 heterocycles. The van der Waals surface area contributed by atoms with Crippen molar-refractivity contribution in [2.24, 2.45) is 0 Å². The van der Waals surface area contributed by atoms with Gasteiger partial charge in [0.2, 0.25) is 5.91 Å². The Bertz CT molecular complexity index is 838. The molecule has 0 saturated heterocycles. The number of thiazole rings is 1. The topological polar surface area (TPSA) is 83.1 Å². The first-order valence-corrected chi connectivity index (χ1v) is 9.49. The number of nitrogens with zero attached hydrogens (tertiary/aromatic N) is 1. The number of carbonyl (C=O) groups is 2. The van der Waals surface area contributed by atoms with Gasteiger partial charge in [0, 0.05) is 17.1 Å². The average molecular weight is 414 g/mol. The number of carbonyl (C=O) groups excluding carboxylic acids is 2. The zero-order valence-electron chi connectivity index (χ0n) is 15.6. The molecule has 0 bridgehead atoms. The van der Waals surface area contributed by atoms with Crippen LogP contribution >= 0.6 is 11.3 Å². The van der Waals surface area contributed by atoms with Crippen LogP contribution in [0.4, 0.5) is 24.0 Å². The first-order chi connectivity index (χ1) is 13.1. The Morgan fingerprint density at radius 1 is 1.21 bits per heavy atom. The third kappa shape index (κ3) is 5.95. The van der Waals surface area contributed by atoms with Gasteiger partial charge < -0.3 is 16.0 Å². The number of nitrogens with one attached hydrogen (secondary N) is 3. The van der Waals surface area contributed by atoms with E-state index in [2.05, 4.69) is 20.9 Å². The van der Waals surface area contributed by atoms with Crippen molar-refractivity contribution in [3.63, 3.8) is 0 Å². The standard InChI is InChI=1S/C18H21F3N4O2S/c1-4-10(2)22-15(26)11(3)23-16(27)14-9-28-17(25-14)24-13-7-5-6-12(8-13)18(19,20)21/h5-11H,4H2,1-3H3,(H,22,26)(H,23,27)(H,24,25)/t10-,11-/m0/s1. The number of hydrogen-bond donors (Lipinski definition) is 3. The van der Waals surface area contributed by atoms with E-state index in [1.807, 2.05) is 13.8 Å². The van der Waals surface area contributed by atoms with Gasteiger partial charge in [-0.25, -0.2) is 4.98 Å². The maximum absolute atomic E-state index is 12.8. The third-order valence-electron chi connectivity index (χ3n) is 3.92. The lowest BCUT2D eigenvalue weighted by Gasteiger charge is -2.16. The molecule has 0 aliphatic heterocycles. The fourth-order valence-electron chi connectivity index (χ4n) is 2.14. The smallest absolute Gasteiger partial charge is 0.352 e. The second-order valence-corrected chi connectivity index (χ2v) is 7.11. The molecule has 0 aliphatic carbocycles. The lowest BCUT2D eigenvalue weighted by molar-refractivity contribution is -0.137. The van der Waals surface area contributed by atoms with Crippen molar-refractivity contribution in [2.75, 3.05) is 5.32 Å². The highest BCUT2D eigenvalue weighted by Gasteiger charge is 2.30. The molecule has 28 heavy (non-hydrogen) atoms. The number of alkyl halides is 3. The largest absolute Gasteiger partial charge is 0.416 e. The maximum Gasteiger partial charge on any atom is 0.416 e. The first kappa shape index (κ1) is 21.7. The van der Waals surface area contributed by atoms with E-state index in [0.29, 0.717) is 0 Å². The molecule has 6 nitrogen and oxygen atoms in total. The summed E-state index contributed by atoms with van der Waals surface area (Å²) in [6, 6.07) is 3.93. The summed E-state index contributed by atoms with van der Waals surface area (Å²) >= 11 is 1.07. The summed E-state index contributed by atoms with van der Waals surface area (Å²) in [7, 11) is 0. The monoisotopic (exact) mass is 414 g/mol. The predicted octanol–water partition coefficient (Wildman–Crippen LogP) is 3.94. The van der Waals surface area contributed by atoms with Gasteiger partial charge in [0.05, 0.1) is 5.56 Å². The quantitative estimate of drug-likeness (QED) is 0.641. The average Bonchev–Trinajstić information content (AvgIpc) is 3.09. The van der Waals surface area contributed by atoms with Crippen molar-refractivity contribution in [3.05, 3.63) is 40.9 Å². The molecule has 1 aromatic heterocycles. The third-order valence-corrected chi connectivity index (χ3v) is 4.68. The Balaban J connectivity index is 2.00. The molecule has 2 atom stereocenters. The summed E-state index contributed by atoms with van der Waals surface area (Å²) in [5.41, 5.74) is -0.506. The van der Waals surface area contributed by atoms with Crippen molar-refractivity contribution < 1.29 is 22.8 Å². The van der Waals surface area contributed by atoms with Crippen LogP contribution in [0, 0.1) is 0 Å². The van der Waals surface area contributed by atoms with Gasteiger partial charge in [-0.2, -0.15) is 13.2 Å². The van der Waals surface area contributed by atoms with Gasteiger partial charge >= 0.3 is 6.18 Å². The fraction of sp³-hybridized carbons (Fsp3) is 0.389. The molecule has 2 rings (SSSR count). The summed E-state index contributed by atoms with van der Waals surface area (Å²) in [6.07, 6.45) is -3.68. The minimum Gasteiger partial charge on any atom is -0.352 e. The molecular weight excluding hydrogens is 393 g/mol. The molecule has 2 aromatic rings. The Kier molecular flexibility index (Phi) is 7.00. The van der Waals surface area contributed by atoms with Crippen molar-refractivity contribution in [1.29, 1.82) is 0 Å². The van der Waals surface area contributed by atoms with Gasteiger partial charge in [-0.05, 0) is 38.5 Å². The summed E-state index contributed by atoms with van der Waals surface area (Å²) in [6.45, 7) is 5.35. The summed E-state index contributed by atoms with van der Waals surface area (Å²) in [4.78, 5) is 28.3. The van der Waals surface area contributed by atoms with Crippen molar-refractivity contribution in [2.45, 2.75) is 45.5 Å². The van der Waals surface area contributed by atoms with E-state index < -0.39 is 23.7 Å². The second kappa shape index (κ2) is 9.05. The Labute approximate surface area is 164 Å². The Morgan fingerprint density at radius 2 is 1.93 bits per heavy atom. The molecule has 0 spiro atoms. The van der Waals surface area contributed by atoms with E-state index in [0.717, 1.165) is 29.9 Å². The lowest BCUT2D eigenvalue weighted by Crippen LogP contribution is -2.47. The first-order valence-electron chi connectivity index (χ1n) is 8.61. The molecule has 1 aromatic carbocycles. The summed E-state index contributed by atoms with van der Waals surface area (Å²) < 4.78 is 38.3. The Hall–Kier alpha value is -2.62. The van der Waals surface area contributed by atoms with Gasteiger partial charge in [-0.15, -0.1) is 11.3 Å². The second-order valence-electron chi connectivity index (χ2n) is 6.25. The van der Waals surface area contributed by atoms with Gasteiger partial charge in [0.15, 0.2) is 5.13 Å². The molecule has 10 heteroatoms. The van der Waals surface area contributed by atoms with Crippen molar-refractivity contribution in [3.8, 4) is 0 Å². The van der Waals surface area contributed by atoms with Crippen LogP contribution in [0.25, 0.3) is 0 Å². The minimum absolute atomic E-state index is 0.00520. The molecule has 3 N–H and O–H groups in total. The molecule has 0 saturated carbocycles. The molecule has 0 unspecified atom stereocenters. The van der Waals surface area contributed by atoms with Gasteiger partial charge in [0.1, 0.15) is 11.7 Å². The van der Waals surface area contributed by atoms with Crippen LogP contribution in [0.5, 0.6) is 0 Å². The zero-order valence-corrected chi connectivity index (χ0v) is 16.4. The molecule has 2 amide bonds. The van der Waals surface area contributed by atoms with Crippen LogP contribution < -0.4 is 16.0 Å². The molecule has 0 fully saturated rings. The van der Waals surface area contributed by atoms with Crippen LogP contribution in [-0.2, 0) is 11.0 Å². The van der Waals surface area contributed by atoms with E-state index in [9.17, 15) is 22.8 Å². The van der Waals surface area contributed by atoms with Crippen molar-refractivity contribution in [1.82, 2.24) is 15.6 Å². The van der Waals surface area contributed by atoms with E-state index >= 15 is 0 Å². The molecule has 0 radical (unpaired) electrons. The van der Waals surface area contributed by atoms with Crippen molar-refractivity contribution >= 4 is 34.0 Å². The number of hydrogen-bond acceptors (Lipinski definition) is 5. The van der Waals surface area contributed by atoms with E-state index in [1.54, 1.807) is 6.92 Å². The molecule has 152 valence electrons. The highest BCUT2D eigenvalue weighted by atomic mass is 32.1. The van der Waals surface area contributed by atoms with Gasteiger partial charge in [0.25, 0.3) is 5.91 Å². The number of rotatable bonds is 7. The summed E-state index contributed by atoms with van der Waals surface area (Å²) in [5, 5.41) is 9.79. The van der Waals surface area contributed by atoms with E-state index in [1.165, 1.54) is 17.5 Å². The summed E-state index contributed by atoms with van der Waals surface area (Å²) in [5.74, 6) is -0.847. The normalized spacial score (nSPS) is 13.5. The van der Waals surface area contributed by atoms with Crippen LogP contribution in [0.1, 0.15) is 43.2 Å². The Morgan fingerprint density at radius 3 is 2.57 bits per heavy atom. The number of halogens is 3. The molecular formula is C18H21F3N4O2S. The highest BCUT2D eigenvalue weighted by molar-refractivity contribution is 7.14. The van der Waals surface area contributed by atoms with Gasteiger partial charge in [-0.3, -0.25) is 9.59 Å².